The van der Waals surface area contributed by atoms with Crippen LogP contribution in [-0.2, 0) is 11.0 Å². The average molecular weight is 312 g/mol. The molecule has 0 amide bonds. The number of benzene rings is 1. The van der Waals surface area contributed by atoms with E-state index in [1.165, 1.54) is 24.5 Å². The zero-order valence-electron chi connectivity index (χ0n) is 11.2. The smallest absolute Gasteiger partial charge is 0.416 e. The molecule has 1 aromatic heterocycles. The second kappa shape index (κ2) is 6.42. The Balaban J connectivity index is 2.05. The van der Waals surface area contributed by atoms with Crippen LogP contribution in [-0.4, -0.2) is 27.7 Å². The summed E-state index contributed by atoms with van der Waals surface area (Å²) in [5.74, 6) is -0.446. The molecule has 0 aliphatic rings. The number of carboxylic acid groups (broad SMARTS) is 1. The van der Waals surface area contributed by atoms with Gasteiger partial charge in [-0.1, -0.05) is 12.1 Å². The lowest BCUT2D eigenvalue weighted by Gasteiger charge is -2.07. The third-order valence-electron chi connectivity index (χ3n) is 2.68. The molecule has 2 rings (SSSR count). The predicted molar refractivity (Wildman–Crippen MR) is 70.2 cm³/mol. The Labute approximate surface area is 123 Å². The largest absolute Gasteiger partial charge is 0.490 e. The Hall–Kier alpha value is -2.64. The quantitative estimate of drug-likeness (QED) is 0.919. The lowest BCUT2D eigenvalue weighted by atomic mass is 10.1. The van der Waals surface area contributed by atoms with Crippen LogP contribution < -0.4 is 4.74 Å². The molecule has 1 heterocycles. The molecular weight excluding hydrogens is 301 g/mol. The zero-order chi connectivity index (χ0) is 16.2. The summed E-state index contributed by atoms with van der Waals surface area (Å²) in [5.41, 5.74) is -0.310. The zero-order valence-corrected chi connectivity index (χ0v) is 11.2. The van der Waals surface area contributed by atoms with E-state index in [-0.39, 0.29) is 24.6 Å². The van der Waals surface area contributed by atoms with Crippen LogP contribution in [0.1, 0.15) is 12.0 Å². The SMILES string of the molecule is O=C(O)CCOc1cnc(-c2ccc(C(F)(F)F)cc2)nc1. The summed E-state index contributed by atoms with van der Waals surface area (Å²) in [4.78, 5) is 18.3. The van der Waals surface area contributed by atoms with E-state index in [9.17, 15) is 18.0 Å². The van der Waals surface area contributed by atoms with Crippen molar-refractivity contribution in [2.24, 2.45) is 0 Å². The van der Waals surface area contributed by atoms with E-state index in [1.54, 1.807) is 0 Å². The van der Waals surface area contributed by atoms with Gasteiger partial charge in [0.1, 0.15) is 0 Å². The molecule has 1 N–H and O–H groups in total. The van der Waals surface area contributed by atoms with Crippen molar-refractivity contribution in [3.05, 3.63) is 42.2 Å². The summed E-state index contributed by atoms with van der Waals surface area (Å²) < 4.78 is 42.5. The molecule has 1 aromatic carbocycles. The second-order valence-electron chi connectivity index (χ2n) is 4.31. The van der Waals surface area contributed by atoms with E-state index < -0.39 is 17.7 Å². The Morgan fingerprint density at radius 3 is 2.23 bits per heavy atom. The van der Waals surface area contributed by atoms with Gasteiger partial charge in [0.25, 0.3) is 0 Å². The van der Waals surface area contributed by atoms with Gasteiger partial charge < -0.3 is 9.84 Å². The first-order valence-corrected chi connectivity index (χ1v) is 6.20. The first-order valence-electron chi connectivity index (χ1n) is 6.20. The van der Waals surface area contributed by atoms with E-state index >= 15 is 0 Å². The molecule has 0 radical (unpaired) electrons. The Bertz CT molecular complexity index is 640. The van der Waals surface area contributed by atoms with Crippen LogP contribution in [0.3, 0.4) is 0 Å². The highest BCUT2D eigenvalue weighted by Gasteiger charge is 2.30. The van der Waals surface area contributed by atoms with Crippen LogP contribution in [0.25, 0.3) is 11.4 Å². The van der Waals surface area contributed by atoms with Gasteiger partial charge in [0.15, 0.2) is 11.6 Å². The van der Waals surface area contributed by atoms with E-state index in [1.807, 2.05) is 0 Å². The molecule has 2 aromatic rings. The van der Waals surface area contributed by atoms with Gasteiger partial charge in [-0.3, -0.25) is 4.79 Å². The third kappa shape index (κ3) is 4.18. The lowest BCUT2D eigenvalue weighted by molar-refractivity contribution is -0.138. The molecule has 0 bridgehead atoms. The van der Waals surface area contributed by atoms with Crippen molar-refractivity contribution in [3.63, 3.8) is 0 Å². The number of rotatable bonds is 5. The standard InChI is InChI=1S/C14H11F3N2O3/c15-14(16,17)10-3-1-9(2-4-10)13-18-7-11(8-19-13)22-6-5-12(20)21/h1-4,7-8H,5-6H2,(H,20,21). The van der Waals surface area contributed by atoms with Crippen LogP contribution >= 0.6 is 0 Å². The molecule has 5 nitrogen and oxygen atoms in total. The molecular formula is C14H11F3N2O3. The van der Waals surface area contributed by atoms with Crippen LogP contribution in [0.4, 0.5) is 13.2 Å². The van der Waals surface area contributed by atoms with Crippen molar-refractivity contribution in [1.82, 2.24) is 9.97 Å². The summed E-state index contributed by atoms with van der Waals surface area (Å²) in [6.45, 7) is -0.0156. The molecule has 0 saturated carbocycles. The summed E-state index contributed by atoms with van der Waals surface area (Å²) in [6, 6.07) is 4.47. The first kappa shape index (κ1) is 15.7. The molecule has 0 fully saturated rings. The number of halogens is 3. The van der Waals surface area contributed by atoms with Gasteiger partial charge in [0.2, 0.25) is 0 Å². The van der Waals surface area contributed by atoms with E-state index in [0.717, 1.165) is 12.1 Å². The second-order valence-corrected chi connectivity index (χ2v) is 4.31. The molecule has 116 valence electrons. The Kier molecular flexibility index (Phi) is 4.59. The number of nitrogens with zero attached hydrogens (tertiary/aromatic N) is 2. The van der Waals surface area contributed by atoms with Gasteiger partial charge in [-0.25, -0.2) is 9.97 Å². The summed E-state index contributed by atoms with van der Waals surface area (Å²) in [7, 11) is 0. The summed E-state index contributed by atoms with van der Waals surface area (Å²) in [6.07, 6.45) is -1.87. The fourth-order valence-corrected chi connectivity index (χ4v) is 1.60. The highest BCUT2D eigenvalue weighted by molar-refractivity contribution is 5.66. The normalized spacial score (nSPS) is 11.2. The summed E-state index contributed by atoms with van der Waals surface area (Å²) >= 11 is 0. The fourth-order valence-electron chi connectivity index (χ4n) is 1.60. The van der Waals surface area contributed by atoms with Gasteiger partial charge >= 0.3 is 12.1 Å². The monoisotopic (exact) mass is 312 g/mol. The van der Waals surface area contributed by atoms with Crippen LogP contribution in [0, 0.1) is 0 Å². The van der Waals surface area contributed by atoms with Gasteiger partial charge in [0, 0.05) is 5.56 Å². The van der Waals surface area contributed by atoms with Crippen molar-refractivity contribution in [3.8, 4) is 17.1 Å². The maximum atomic E-state index is 12.5. The number of carboxylic acids is 1. The maximum absolute atomic E-state index is 12.5. The minimum atomic E-state index is -4.39. The highest BCUT2D eigenvalue weighted by Crippen LogP contribution is 2.30. The van der Waals surface area contributed by atoms with E-state index in [2.05, 4.69) is 9.97 Å². The van der Waals surface area contributed by atoms with Crippen molar-refractivity contribution in [2.45, 2.75) is 12.6 Å². The van der Waals surface area contributed by atoms with Crippen molar-refractivity contribution in [2.75, 3.05) is 6.61 Å². The number of carbonyl (C=O) groups is 1. The van der Waals surface area contributed by atoms with Crippen molar-refractivity contribution < 1.29 is 27.8 Å². The van der Waals surface area contributed by atoms with Gasteiger partial charge in [0.05, 0.1) is 31.0 Å². The lowest BCUT2D eigenvalue weighted by Crippen LogP contribution is -2.05. The molecule has 0 aliphatic heterocycles. The first-order chi connectivity index (χ1) is 10.4. The molecule has 0 atom stereocenters. The molecule has 0 spiro atoms. The van der Waals surface area contributed by atoms with Crippen LogP contribution in [0.15, 0.2) is 36.7 Å². The maximum Gasteiger partial charge on any atom is 0.416 e. The average Bonchev–Trinajstić information content (AvgIpc) is 2.47. The Morgan fingerprint density at radius 1 is 1.14 bits per heavy atom. The fraction of sp³-hybridized carbons (Fsp3) is 0.214. The van der Waals surface area contributed by atoms with Gasteiger partial charge in [-0.2, -0.15) is 13.2 Å². The molecule has 0 unspecified atom stereocenters. The highest BCUT2D eigenvalue weighted by atomic mass is 19.4. The van der Waals surface area contributed by atoms with Gasteiger partial charge in [-0.15, -0.1) is 0 Å². The minimum absolute atomic E-state index is 0.0156. The number of alkyl halides is 3. The molecule has 8 heteroatoms. The number of hydrogen-bond acceptors (Lipinski definition) is 4. The predicted octanol–water partition coefficient (Wildman–Crippen LogP) is 3.02. The topological polar surface area (TPSA) is 72.3 Å². The number of aliphatic carboxylic acids is 1. The summed E-state index contributed by atoms with van der Waals surface area (Å²) in [5, 5.41) is 8.47. The number of hydrogen-bond donors (Lipinski definition) is 1. The number of aromatic nitrogens is 2. The van der Waals surface area contributed by atoms with E-state index in [4.69, 9.17) is 9.84 Å². The minimum Gasteiger partial charge on any atom is -0.490 e. The molecule has 22 heavy (non-hydrogen) atoms. The van der Waals surface area contributed by atoms with Crippen molar-refractivity contribution in [1.29, 1.82) is 0 Å². The third-order valence-corrected chi connectivity index (χ3v) is 2.68. The molecule has 0 saturated heterocycles. The van der Waals surface area contributed by atoms with Crippen LogP contribution in [0.5, 0.6) is 5.75 Å². The van der Waals surface area contributed by atoms with E-state index in [0.29, 0.717) is 5.56 Å². The number of ether oxygens (including phenoxy) is 1. The van der Waals surface area contributed by atoms with Crippen LogP contribution in [0.2, 0.25) is 0 Å². The Morgan fingerprint density at radius 2 is 1.73 bits per heavy atom. The molecule has 0 aliphatic carbocycles. The van der Waals surface area contributed by atoms with Gasteiger partial charge in [-0.05, 0) is 12.1 Å². The van der Waals surface area contributed by atoms with Crippen molar-refractivity contribution >= 4 is 5.97 Å².